The van der Waals surface area contributed by atoms with Crippen LogP contribution in [0, 0.1) is 11.8 Å². The van der Waals surface area contributed by atoms with Gasteiger partial charge in [-0.3, -0.25) is 4.98 Å². The number of aliphatic hydroxyl groups excluding tert-OH is 1. The molecule has 0 aliphatic heterocycles. The SMILES string of the molecule is OCc1cccc2nc(C#Cc3cccnc3)oc12. The fraction of sp³-hybridized carbons (Fsp3) is 0.0667. The molecule has 0 saturated heterocycles. The summed E-state index contributed by atoms with van der Waals surface area (Å²) in [5, 5.41) is 9.22. The highest BCUT2D eigenvalue weighted by molar-refractivity contribution is 5.76. The quantitative estimate of drug-likeness (QED) is 0.672. The Balaban J connectivity index is 2.01. The molecule has 19 heavy (non-hydrogen) atoms. The molecule has 92 valence electrons. The Morgan fingerprint density at radius 2 is 2.11 bits per heavy atom. The highest BCUT2D eigenvalue weighted by Crippen LogP contribution is 2.19. The van der Waals surface area contributed by atoms with Crippen LogP contribution < -0.4 is 0 Å². The molecule has 0 spiro atoms. The van der Waals surface area contributed by atoms with Crippen molar-refractivity contribution in [3.05, 3.63) is 59.7 Å². The predicted molar refractivity (Wildman–Crippen MR) is 70.1 cm³/mol. The summed E-state index contributed by atoms with van der Waals surface area (Å²) in [5.41, 5.74) is 2.79. The van der Waals surface area contributed by atoms with E-state index in [2.05, 4.69) is 21.8 Å². The number of benzene rings is 1. The van der Waals surface area contributed by atoms with Gasteiger partial charge in [-0.2, -0.15) is 0 Å². The van der Waals surface area contributed by atoms with Crippen molar-refractivity contribution in [2.75, 3.05) is 0 Å². The molecule has 3 aromatic rings. The number of oxazole rings is 1. The van der Waals surface area contributed by atoms with E-state index in [9.17, 15) is 5.11 Å². The summed E-state index contributed by atoms with van der Waals surface area (Å²) in [6.07, 6.45) is 3.37. The van der Waals surface area contributed by atoms with Crippen molar-refractivity contribution in [1.29, 1.82) is 0 Å². The second kappa shape index (κ2) is 4.92. The fourth-order valence-electron chi connectivity index (χ4n) is 1.75. The van der Waals surface area contributed by atoms with Gasteiger partial charge in [-0.05, 0) is 24.1 Å². The Morgan fingerprint density at radius 1 is 1.16 bits per heavy atom. The van der Waals surface area contributed by atoms with Crippen molar-refractivity contribution in [2.24, 2.45) is 0 Å². The highest BCUT2D eigenvalue weighted by Gasteiger charge is 2.07. The lowest BCUT2D eigenvalue weighted by Crippen LogP contribution is -1.81. The monoisotopic (exact) mass is 250 g/mol. The van der Waals surface area contributed by atoms with E-state index in [1.165, 1.54) is 0 Å². The number of nitrogens with zero attached hydrogens (tertiary/aromatic N) is 2. The van der Waals surface area contributed by atoms with Crippen molar-refractivity contribution in [3.63, 3.8) is 0 Å². The Kier molecular flexibility index (Phi) is 2.97. The van der Waals surface area contributed by atoms with Crippen LogP contribution in [-0.4, -0.2) is 15.1 Å². The lowest BCUT2D eigenvalue weighted by Gasteiger charge is -1.93. The van der Waals surface area contributed by atoms with Crippen LogP contribution >= 0.6 is 0 Å². The van der Waals surface area contributed by atoms with Crippen molar-refractivity contribution in [1.82, 2.24) is 9.97 Å². The molecule has 0 bridgehead atoms. The molecule has 4 heteroatoms. The van der Waals surface area contributed by atoms with Crippen molar-refractivity contribution < 1.29 is 9.52 Å². The van der Waals surface area contributed by atoms with Crippen LogP contribution in [-0.2, 0) is 6.61 Å². The normalized spacial score (nSPS) is 10.2. The summed E-state index contributed by atoms with van der Waals surface area (Å²) in [6, 6.07) is 9.13. The second-order valence-electron chi connectivity index (χ2n) is 3.93. The van der Waals surface area contributed by atoms with Gasteiger partial charge in [-0.15, -0.1) is 0 Å². The number of hydrogen-bond acceptors (Lipinski definition) is 4. The van der Waals surface area contributed by atoms with E-state index in [1.807, 2.05) is 24.3 Å². The molecule has 0 aliphatic carbocycles. The molecule has 0 amide bonds. The number of hydrogen-bond donors (Lipinski definition) is 1. The maximum absolute atomic E-state index is 9.22. The third-order valence-electron chi connectivity index (χ3n) is 2.64. The maximum atomic E-state index is 9.22. The molecule has 0 fully saturated rings. The van der Waals surface area contributed by atoms with Crippen LogP contribution in [0.1, 0.15) is 17.0 Å². The van der Waals surface area contributed by atoms with E-state index in [4.69, 9.17) is 4.42 Å². The zero-order chi connectivity index (χ0) is 13.1. The molecule has 4 nitrogen and oxygen atoms in total. The average molecular weight is 250 g/mol. The number of para-hydroxylation sites is 1. The molecule has 0 unspecified atom stereocenters. The van der Waals surface area contributed by atoms with Gasteiger partial charge in [0.15, 0.2) is 5.58 Å². The van der Waals surface area contributed by atoms with E-state index in [0.29, 0.717) is 22.6 Å². The summed E-state index contributed by atoms with van der Waals surface area (Å²) in [6.45, 7) is -0.0813. The fourth-order valence-corrected chi connectivity index (χ4v) is 1.75. The molecule has 3 rings (SSSR count). The van der Waals surface area contributed by atoms with E-state index in [-0.39, 0.29) is 6.61 Å². The summed E-state index contributed by atoms with van der Waals surface area (Å²) in [5.74, 6) is 6.11. The predicted octanol–water partition coefficient (Wildman–Crippen LogP) is 2.11. The van der Waals surface area contributed by atoms with Crippen LogP contribution in [0.25, 0.3) is 11.1 Å². The molecule has 0 atom stereocenters. The van der Waals surface area contributed by atoms with E-state index < -0.39 is 0 Å². The summed E-state index contributed by atoms with van der Waals surface area (Å²) in [4.78, 5) is 8.25. The van der Waals surface area contributed by atoms with Gasteiger partial charge in [0.05, 0.1) is 6.61 Å². The third-order valence-corrected chi connectivity index (χ3v) is 2.64. The van der Waals surface area contributed by atoms with Crippen molar-refractivity contribution in [3.8, 4) is 11.8 Å². The van der Waals surface area contributed by atoms with Crippen molar-refractivity contribution in [2.45, 2.75) is 6.61 Å². The molecular weight excluding hydrogens is 240 g/mol. The molecule has 2 heterocycles. The first kappa shape index (κ1) is 11.5. The molecule has 0 aliphatic rings. The van der Waals surface area contributed by atoms with Crippen LogP contribution in [0.4, 0.5) is 0 Å². The number of aliphatic hydroxyl groups is 1. The van der Waals surface area contributed by atoms with Gasteiger partial charge >= 0.3 is 0 Å². The minimum atomic E-state index is -0.0813. The first-order valence-electron chi connectivity index (χ1n) is 5.78. The van der Waals surface area contributed by atoms with Gasteiger partial charge in [0.1, 0.15) is 5.52 Å². The van der Waals surface area contributed by atoms with Gasteiger partial charge in [0.25, 0.3) is 5.89 Å². The topological polar surface area (TPSA) is 59.2 Å². The Bertz CT molecular complexity index is 767. The minimum absolute atomic E-state index is 0.0813. The Hall–Kier alpha value is -2.64. The van der Waals surface area contributed by atoms with Gasteiger partial charge in [0.2, 0.25) is 0 Å². The Labute approximate surface area is 109 Å². The van der Waals surface area contributed by atoms with E-state index in [1.54, 1.807) is 18.5 Å². The van der Waals surface area contributed by atoms with Gasteiger partial charge in [-0.1, -0.05) is 18.1 Å². The molecule has 2 aromatic heterocycles. The standard InChI is InChI=1S/C15H10N2O2/c18-10-12-4-1-5-13-15(12)19-14(17-13)7-6-11-3-2-8-16-9-11/h1-5,8-9,18H,10H2. The highest BCUT2D eigenvalue weighted by atomic mass is 16.3. The smallest absolute Gasteiger partial charge is 0.274 e. The van der Waals surface area contributed by atoms with Crippen LogP contribution in [0.5, 0.6) is 0 Å². The molecule has 1 N–H and O–H groups in total. The lowest BCUT2D eigenvalue weighted by atomic mass is 10.2. The van der Waals surface area contributed by atoms with Crippen LogP contribution in [0.3, 0.4) is 0 Å². The van der Waals surface area contributed by atoms with Crippen molar-refractivity contribution >= 4 is 11.1 Å². The van der Waals surface area contributed by atoms with E-state index >= 15 is 0 Å². The first-order chi connectivity index (χ1) is 9.36. The number of fused-ring (bicyclic) bond motifs is 1. The first-order valence-corrected chi connectivity index (χ1v) is 5.78. The third kappa shape index (κ3) is 2.32. The average Bonchev–Trinajstić information content (AvgIpc) is 2.89. The van der Waals surface area contributed by atoms with Crippen LogP contribution in [0.15, 0.2) is 47.1 Å². The van der Waals surface area contributed by atoms with Gasteiger partial charge < -0.3 is 9.52 Å². The summed E-state index contributed by atoms with van der Waals surface area (Å²) in [7, 11) is 0. The maximum Gasteiger partial charge on any atom is 0.274 e. The summed E-state index contributed by atoms with van der Waals surface area (Å²) >= 11 is 0. The van der Waals surface area contributed by atoms with Gasteiger partial charge in [-0.25, -0.2) is 4.98 Å². The zero-order valence-electron chi connectivity index (χ0n) is 10.00. The molecule has 0 radical (unpaired) electrons. The number of rotatable bonds is 1. The summed E-state index contributed by atoms with van der Waals surface area (Å²) < 4.78 is 5.55. The largest absolute Gasteiger partial charge is 0.429 e. The molecule has 0 saturated carbocycles. The van der Waals surface area contributed by atoms with E-state index in [0.717, 1.165) is 5.56 Å². The molecular formula is C15H10N2O2. The van der Waals surface area contributed by atoms with Gasteiger partial charge in [0, 0.05) is 23.5 Å². The number of aromatic nitrogens is 2. The minimum Gasteiger partial charge on any atom is -0.429 e. The lowest BCUT2D eigenvalue weighted by molar-refractivity contribution is 0.281. The number of pyridine rings is 1. The zero-order valence-corrected chi connectivity index (χ0v) is 10.00. The second-order valence-corrected chi connectivity index (χ2v) is 3.93. The Morgan fingerprint density at radius 3 is 2.89 bits per heavy atom. The van der Waals surface area contributed by atoms with Crippen LogP contribution in [0.2, 0.25) is 0 Å². The molecule has 1 aromatic carbocycles.